The summed E-state index contributed by atoms with van der Waals surface area (Å²) in [5.74, 6) is -0.914. The third-order valence-electron chi connectivity index (χ3n) is 3.96. The van der Waals surface area contributed by atoms with Gasteiger partial charge in [-0.3, -0.25) is 5.01 Å². The number of carbonyl (C=O) groups excluding carboxylic acids is 1. The van der Waals surface area contributed by atoms with Crippen LogP contribution in [0.3, 0.4) is 0 Å². The molecule has 128 valence electrons. The van der Waals surface area contributed by atoms with Gasteiger partial charge in [0.05, 0.1) is 25.2 Å². The fourth-order valence-electron chi connectivity index (χ4n) is 2.60. The largest absolute Gasteiger partial charge is 0.461 e. The smallest absolute Gasteiger partial charge is 0.357 e. The summed E-state index contributed by atoms with van der Waals surface area (Å²) in [6.07, 6.45) is 0. The molecule has 1 N–H and O–H groups in total. The zero-order valence-electron chi connectivity index (χ0n) is 13.8. The van der Waals surface area contributed by atoms with E-state index >= 15 is 0 Å². The SMILES string of the molecule is CCOC(=O)c1[nH]c2cc(F)ccc2c1N=NN1CCN(C)CC1. The van der Waals surface area contributed by atoms with E-state index in [0.29, 0.717) is 16.6 Å². The standard InChI is InChI=1S/C16H20FN5O2/c1-3-24-16(23)15-14(12-5-4-11(17)10-13(12)18-15)19-20-22-8-6-21(2)7-9-22/h4-5,10,18H,3,6-9H2,1-2H3. The van der Waals surface area contributed by atoms with Crippen molar-refractivity contribution in [1.82, 2.24) is 14.9 Å². The van der Waals surface area contributed by atoms with Gasteiger partial charge in [-0.1, -0.05) is 5.22 Å². The Balaban J connectivity index is 1.94. The number of halogens is 1. The van der Waals surface area contributed by atoms with Gasteiger partial charge >= 0.3 is 5.97 Å². The highest BCUT2D eigenvalue weighted by Gasteiger charge is 2.20. The minimum Gasteiger partial charge on any atom is -0.461 e. The highest BCUT2D eigenvalue weighted by Crippen LogP contribution is 2.32. The van der Waals surface area contributed by atoms with Crippen molar-refractivity contribution < 1.29 is 13.9 Å². The van der Waals surface area contributed by atoms with Crippen molar-refractivity contribution in [1.29, 1.82) is 0 Å². The molecule has 3 rings (SSSR count). The Hall–Kier alpha value is -2.48. The average Bonchev–Trinajstić information content (AvgIpc) is 2.92. The zero-order chi connectivity index (χ0) is 17.1. The molecule has 0 radical (unpaired) electrons. The molecule has 24 heavy (non-hydrogen) atoms. The third kappa shape index (κ3) is 3.38. The topological polar surface area (TPSA) is 73.3 Å². The molecule has 1 aliphatic rings. The van der Waals surface area contributed by atoms with Crippen molar-refractivity contribution >= 4 is 22.6 Å². The van der Waals surface area contributed by atoms with Crippen LogP contribution < -0.4 is 0 Å². The first kappa shape index (κ1) is 16.4. The molecule has 2 heterocycles. The quantitative estimate of drug-likeness (QED) is 0.690. The van der Waals surface area contributed by atoms with Gasteiger partial charge in [0.25, 0.3) is 0 Å². The van der Waals surface area contributed by atoms with Gasteiger partial charge in [0.1, 0.15) is 11.5 Å². The second-order valence-electron chi connectivity index (χ2n) is 5.71. The molecule has 1 fully saturated rings. The number of esters is 1. The molecule has 0 saturated carbocycles. The third-order valence-corrected chi connectivity index (χ3v) is 3.96. The summed E-state index contributed by atoms with van der Waals surface area (Å²) in [6, 6.07) is 4.25. The zero-order valence-corrected chi connectivity index (χ0v) is 13.8. The number of nitrogens with one attached hydrogen (secondary N) is 1. The lowest BCUT2D eigenvalue weighted by Gasteiger charge is -2.29. The molecular weight excluding hydrogens is 313 g/mol. The van der Waals surface area contributed by atoms with E-state index < -0.39 is 5.97 Å². The molecule has 1 aromatic heterocycles. The Morgan fingerprint density at radius 1 is 1.33 bits per heavy atom. The first-order valence-corrected chi connectivity index (χ1v) is 7.92. The van der Waals surface area contributed by atoms with Crippen molar-refractivity contribution in [2.24, 2.45) is 10.3 Å². The predicted molar refractivity (Wildman–Crippen MR) is 87.8 cm³/mol. The lowest BCUT2D eigenvalue weighted by molar-refractivity contribution is 0.0521. The number of fused-ring (bicyclic) bond motifs is 1. The lowest BCUT2D eigenvalue weighted by atomic mass is 10.2. The Kier molecular flexibility index (Phi) is 4.75. The van der Waals surface area contributed by atoms with E-state index in [1.807, 2.05) is 5.01 Å². The number of H-pyrrole nitrogens is 1. The molecule has 0 amide bonds. The Labute approximate surface area is 139 Å². The van der Waals surface area contributed by atoms with Gasteiger partial charge in [-0.2, -0.15) is 0 Å². The molecule has 7 nitrogen and oxygen atoms in total. The van der Waals surface area contributed by atoms with E-state index in [1.165, 1.54) is 12.1 Å². The van der Waals surface area contributed by atoms with Gasteiger partial charge in [0.15, 0.2) is 5.69 Å². The van der Waals surface area contributed by atoms with Crippen molar-refractivity contribution in [2.45, 2.75) is 6.92 Å². The van der Waals surface area contributed by atoms with Crippen LogP contribution >= 0.6 is 0 Å². The summed E-state index contributed by atoms with van der Waals surface area (Å²) in [6.45, 7) is 5.33. The summed E-state index contributed by atoms with van der Waals surface area (Å²) in [5.41, 5.74) is 1.06. The molecule has 1 saturated heterocycles. The van der Waals surface area contributed by atoms with Crippen molar-refractivity contribution in [2.75, 3.05) is 39.8 Å². The molecule has 0 unspecified atom stereocenters. The van der Waals surface area contributed by atoms with Crippen molar-refractivity contribution in [3.63, 3.8) is 0 Å². The van der Waals surface area contributed by atoms with Crippen molar-refractivity contribution in [3.05, 3.63) is 29.7 Å². The maximum Gasteiger partial charge on any atom is 0.357 e. The lowest BCUT2D eigenvalue weighted by Crippen LogP contribution is -2.41. The second kappa shape index (κ2) is 6.96. The number of hydrogen-bond acceptors (Lipinski definition) is 5. The fourth-order valence-corrected chi connectivity index (χ4v) is 2.60. The first-order valence-electron chi connectivity index (χ1n) is 7.92. The fraction of sp³-hybridized carbons (Fsp3) is 0.438. The van der Waals surface area contributed by atoms with E-state index in [-0.39, 0.29) is 18.1 Å². The number of benzene rings is 1. The second-order valence-corrected chi connectivity index (χ2v) is 5.71. The van der Waals surface area contributed by atoms with E-state index in [4.69, 9.17) is 4.74 Å². The number of piperazine rings is 1. The summed E-state index contributed by atoms with van der Waals surface area (Å²) >= 11 is 0. The van der Waals surface area contributed by atoms with Crippen LogP contribution in [0.25, 0.3) is 10.9 Å². The molecule has 2 aromatic rings. The highest BCUT2D eigenvalue weighted by molar-refractivity contribution is 6.04. The van der Waals surface area contributed by atoms with Gasteiger partial charge < -0.3 is 14.6 Å². The summed E-state index contributed by atoms with van der Waals surface area (Å²) < 4.78 is 18.5. The number of likely N-dealkylation sites (N-methyl/N-ethyl adjacent to an activating group) is 1. The Bertz CT molecular complexity index is 765. The number of hydrogen-bond donors (Lipinski definition) is 1. The van der Waals surface area contributed by atoms with Gasteiger partial charge in [-0.25, -0.2) is 9.18 Å². The van der Waals surface area contributed by atoms with Crippen LogP contribution in [0, 0.1) is 5.82 Å². The molecule has 0 atom stereocenters. The molecule has 8 heteroatoms. The van der Waals surface area contributed by atoms with Crippen LogP contribution in [0.15, 0.2) is 28.5 Å². The monoisotopic (exact) mass is 333 g/mol. The molecular formula is C16H20FN5O2. The Morgan fingerprint density at radius 3 is 2.79 bits per heavy atom. The van der Waals surface area contributed by atoms with Crippen LogP contribution in [-0.4, -0.2) is 60.7 Å². The molecule has 1 aliphatic heterocycles. The first-order chi connectivity index (χ1) is 11.6. The van der Waals surface area contributed by atoms with Crippen molar-refractivity contribution in [3.8, 4) is 0 Å². The summed E-state index contributed by atoms with van der Waals surface area (Å²) in [7, 11) is 2.06. The maximum absolute atomic E-state index is 13.4. The molecule has 1 aromatic carbocycles. The molecule has 0 bridgehead atoms. The van der Waals surface area contributed by atoms with E-state index in [2.05, 4.69) is 27.3 Å². The van der Waals surface area contributed by atoms with Crippen LogP contribution in [0.4, 0.5) is 10.1 Å². The minimum absolute atomic E-state index is 0.190. The van der Waals surface area contributed by atoms with Gasteiger partial charge in [0.2, 0.25) is 0 Å². The Morgan fingerprint density at radius 2 is 2.08 bits per heavy atom. The molecule has 0 aliphatic carbocycles. The average molecular weight is 333 g/mol. The van der Waals surface area contributed by atoms with Crippen LogP contribution in [0.5, 0.6) is 0 Å². The number of nitrogens with zero attached hydrogens (tertiary/aromatic N) is 4. The minimum atomic E-state index is -0.526. The van der Waals surface area contributed by atoms with E-state index in [0.717, 1.165) is 26.2 Å². The predicted octanol–water partition coefficient (Wildman–Crippen LogP) is 2.73. The normalized spacial score (nSPS) is 16.2. The van der Waals surface area contributed by atoms with Crippen LogP contribution in [-0.2, 0) is 4.74 Å². The van der Waals surface area contributed by atoms with Crippen LogP contribution in [0.2, 0.25) is 0 Å². The van der Waals surface area contributed by atoms with E-state index in [9.17, 15) is 9.18 Å². The maximum atomic E-state index is 13.4. The number of aromatic nitrogens is 1. The summed E-state index contributed by atoms with van der Waals surface area (Å²) in [5, 5.41) is 11.0. The number of ether oxygens (including phenoxy) is 1. The number of aromatic amines is 1. The highest BCUT2D eigenvalue weighted by atomic mass is 19.1. The van der Waals surface area contributed by atoms with E-state index in [1.54, 1.807) is 13.0 Å². The van der Waals surface area contributed by atoms with Gasteiger partial charge in [0, 0.05) is 18.5 Å². The van der Waals surface area contributed by atoms with Gasteiger partial charge in [-0.05, 0) is 32.2 Å². The molecule has 0 spiro atoms. The number of carbonyl (C=O) groups is 1. The summed E-state index contributed by atoms with van der Waals surface area (Å²) in [4.78, 5) is 17.2. The van der Waals surface area contributed by atoms with Crippen LogP contribution in [0.1, 0.15) is 17.4 Å². The van der Waals surface area contributed by atoms with Gasteiger partial charge in [-0.15, -0.1) is 5.11 Å². The number of rotatable bonds is 4.